The fourth-order valence-electron chi connectivity index (χ4n) is 3.44. The van der Waals surface area contributed by atoms with Crippen LogP contribution in [0.3, 0.4) is 0 Å². The Hall–Kier alpha value is -3.44. The highest BCUT2D eigenvalue weighted by molar-refractivity contribution is 5.53. The van der Waals surface area contributed by atoms with Gasteiger partial charge in [-0.3, -0.25) is 0 Å². The van der Waals surface area contributed by atoms with Gasteiger partial charge in [0.15, 0.2) is 17.3 Å². The third-order valence-corrected chi connectivity index (χ3v) is 4.93. The molecule has 1 fully saturated rings. The topological polar surface area (TPSA) is 106 Å². The zero-order valence-electron chi connectivity index (χ0n) is 16.2. The second-order valence-electron chi connectivity index (χ2n) is 7.03. The first kappa shape index (κ1) is 18.9. The molecule has 1 aliphatic rings. The molecule has 1 aliphatic heterocycles. The van der Waals surface area contributed by atoms with Crippen molar-refractivity contribution in [1.82, 2.24) is 20.0 Å². The highest BCUT2D eigenvalue weighted by Crippen LogP contribution is 2.30. The Morgan fingerprint density at radius 3 is 2.79 bits per heavy atom. The lowest BCUT2D eigenvalue weighted by molar-refractivity contribution is 0.472. The molecule has 3 heterocycles. The van der Waals surface area contributed by atoms with Gasteiger partial charge in [0.2, 0.25) is 0 Å². The third kappa shape index (κ3) is 4.36. The Morgan fingerprint density at radius 2 is 2.00 bits per heavy atom. The first-order valence-corrected chi connectivity index (χ1v) is 9.80. The van der Waals surface area contributed by atoms with Crippen LogP contribution in [0.5, 0.6) is 11.5 Å². The fourth-order valence-corrected chi connectivity index (χ4v) is 3.44. The summed E-state index contributed by atoms with van der Waals surface area (Å²) in [5.41, 5.74) is 7.93. The van der Waals surface area contributed by atoms with E-state index in [-0.39, 0.29) is 0 Å². The average molecular weight is 389 g/mol. The maximum Gasteiger partial charge on any atom is 0.154 e. The van der Waals surface area contributed by atoms with Crippen molar-refractivity contribution in [3.8, 4) is 23.3 Å². The van der Waals surface area contributed by atoms with E-state index >= 15 is 0 Å². The zero-order valence-corrected chi connectivity index (χ0v) is 16.2. The minimum absolute atomic E-state index is 0.511. The molecule has 2 aromatic heterocycles. The standard InChI is InChI=1S/C21H23N7O/c22-7-6-17-13-25-28(15-17)19-5-4-16(12-23)10-20(19)29-18-11-21(26-24-14-18)27-8-2-1-3-9-27/h4-5,10-11,13-15H,1-3,6-9,22H2. The Kier molecular flexibility index (Phi) is 5.68. The molecule has 0 radical (unpaired) electrons. The number of nitrogens with zero attached hydrogens (tertiary/aromatic N) is 6. The van der Waals surface area contributed by atoms with Gasteiger partial charge in [-0.2, -0.15) is 15.5 Å². The van der Waals surface area contributed by atoms with Gasteiger partial charge in [-0.05, 0) is 49.9 Å². The van der Waals surface area contributed by atoms with E-state index in [2.05, 4.69) is 26.3 Å². The molecule has 0 amide bonds. The van der Waals surface area contributed by atoms with Crippen LogP contribution in [-0.2, 0) is 6.42 Å². The normalized spacial score (nSPS) is 13.9. The van der Waals surface area contributed by atoms with Crippen molar-refractivity contribution in [2.24, 2.45) is 5.73 Å². The molecule has 1 aromatic carbocycles. The van der Waals surface area contributed by atoms with Gasteiger partial charge in [-0.25, -0.2) is 4.68 Å². The smallest absolute Gasteiger partial charge is 0.154 e. The predicted octanol–water partition coefficient (Wildman–Crippen LogP) is 2.82. The number of hydrogen-bond donors (Lipinski definition) is 1. The summed E-state index contributed by atoms with van der Waals surface area (Å²) in [7, 11) is 0. The van der Waals surface area contributed by atoms with E-state index in [0.29, 0.717) is 23.6 Å². The van der Waals surface area contributed by atoms with E-state index in [1.54, 1.807) is 29.2 Å². The summed E-state index contributed by atoms with van der Waals surface area (Å²) in [4.78, 5) is 2.22. The monoisotopic (exact) mass is 389 g/mol. The summed E-state index contributed by atoms with van der Waals surface area (Å²) in [6.07, 6.45) is 9.61. The Morgan fingerprint density at radius 1 is 1.14 bits per heavy atom. The van der Waals surface area contributed by atoms with Crippen LogP contribution in [0.1, 0.15) is 30.4 Å². The van der Waals surface area contributed by atoms with Gasteiger partial charge in [-0.1, -0.05) is 0 Å². The minimum Gasteiger partial charge on any atom is -0.453 e. The Bertz CT molecular complexity index is 1020. The number of nitrogens with two attached hydrogens (primary N) is 1. The molecule has 148 valence electrons. The van der Waals surface area contributed by atoms with E-state index in [1.165, 1.54) is 6.42 Å². The van der Waals surface area contributed by atoms with Crippen LogP contribution >= 0.6 is 0 Å². The predicted molar refractivity (Wildman–Crippen MR) is 109 cm³/mol. The van der Waals surface area contributed by atoms with E-state index in [9.17, 15) is 5.26 Å². The molecule has 2 N–H and O–H groups in total. The summed E-state index contributed by atoms with van der Waals surface area (Å²) >= 11 is 0. The van der Waals surface area contributed by atoms with Gasteiger partial charge in [0.05, 0.1) is 24.0 Å². The first-order chi connectivity index (χ1) is 14.3. The lowest BCUT2D eigenvalue weighted by Gasteiger charge is -2.27. The SMILES string of the molecule is N#Cc1ccc(-n2cc(CCN)cn2)c(Oc2cnnc(N3CCCCC3)c2)c1. The number of rotatable bonds is 6. The molecule has 8 heteroatoms. The van der Waals surface area contributed by atoms with Crippen LogP contribution in [0.4, 0.5) is 5.82 Å². The van der Waals surface area contributed by atoms with Crippen LogP contribution in [0.15, 0.2) is 42.9 Å². The van der Waals surface area contributed by atoms with Crippen molar-refractivity contribution in [3.63, 3.8) is 0 Å². The number of piperidine rings is 1. The maximum absolute atomic E-state index is 9.31. The van der Waals surface area contributed by atoms with Crippen molar-refractivity contribution < 1.29 is 4.74 Å². The van der Waals surface area contributed by atoms with Crippen LogP contribution < -0.4 is 15.4 Å². The zero-order chi connectivity index (χ0) is 20.1. The molecule has 0 unspecified atom stereocenters. The molecule has 4 rings (SSSR count). The van der Waals surface area contributed by atoms with Crippen LogP contribution in [0.2, 0.25) is 0 Å². The molecule has 0 spiro atoms. The van der Waals surface area contributed by atoms with E-state index < -0.39 is 0 Å². The molecule has 29 heavy (non-hydrogen) atoms. The second kappa shape index (κ2) is 8.71. The molecule has 8 nitrogen and oxygen atoms in total. The fraction of sp³-hybridized carbons (Fsp3) is 0.333. The van der Waals surface area contributed by atoms with Gasteiger partial charge in [0.1, 0.15) is 5.69 Å². The highest BCUT2D eigenvalue weighted by Gasteiger charge is 2.15. The summed E-state index contributed by atoms with van der Waals surface area (Å²) in [6.45, 7) is 2.51. The molecule has 1 saturated heterocycles. The van der Waals surface area contributed by atoms with Gasteiger partial charge in [0.25, 0.3) is 0 Å². The summed E-state index contributed by atoms with van der Waals surface area (Å²) in [5.74, 6) is 1.92. The first-order valence-electron chi connectivity index (χ1n) is 9.80. The lowest BCUT2D eigenvalue weighted by atomic mass is 10.1. The molecule has 0 atom stereocenters. The molecule has 0 saturated carbocycles. The molecule has 3 aromatic rings. The van der Waals surface area contributed by atoms with Crippen molar-refractivity contribution in [2.45, 2.75) is 25.7 Å². The average Bonchev–Trinajstić information content (AvgIpc) is 3.23. The largest absolute Gasteiger partial charge is 0.453 e. The van der Waals surface area contributed by atoms with E-state index in [0.717, 1.165) is 49.4 Å². The summed E-state index contributed by atoms with van der Waals surface area (Å²) < 4.78 is 7.88. The van der Waals surface area contributed by atoms with Gasteiger partial charge >= 0.3 is 0 Å². The molecular weight excluding hydrogens is 366 g/mol. The molecule has 0 bridgehead atoms. The number of nitriles is 1. The van der Waals surface area contributed by atoms with Crippen molar-refractivity contribution >= 4 is 5.82 Å². The minimum atomic E-state index is 0.511. The van der Waals surface area contributed by atoms with Crippen molar-refractivity contribution in [1.29, 1.82) is 5.26 Å². The van der Waals surface area contributed by atoms with Gasteiger partial charge in [0, 0.05) is 31.4 Å². The number of hydrogen-bond acceptors (Lipinski definition) is 7. The van der Waals surface area contributed by atoms with Crippen LogP contribution in [-0.4, -0.2) is 39.6 Å². The molecular formula is C21H23N7O. The number of ether oxygens (including phenoxy) is 1. The van der Waals surface area contributed by atoms with Gasteiger partial charge in [-0.15, -0.1) is 5.10 Å². The Labute approximate surface area is 169 Å². The highest BCUT2D eigenvalue weighted by atomic mass is 16.5. The molecule has 0 aliphatic carbocycles. The number of aromatic nitrogens is 4. The van der Waals surface area contributed by atoms with Crippen molar-refractivity contribution in [3.05, 3.63) is 54.0 Å². The number of benzene rings is 1. The van der Waals surface area contributed by atoms with Gasteiger partial charge < -0.3 is 15.4 Å². The quantitative estimate of drug-likeness (QED) is 0.691. The maximum atomic E-state index is 9.31. The number of anilines is 1. The Balaban J connectivity index is 1.64. The summed E-state index contributed by atoms with van der Waals surface area (Å²) in [6, 6.07) is 9.33. The van der Waals surface area contributed by atoms with Crippen LogP contribution in [0.25, 0.3) is 5.69 Å². The lowest BCUT2D eigenvalue weighted by Crippen LogP contribution is -2.30. The van der Waals surface area contributed by atoms with Crippen LogP contribution in [0, 0.1) is 11.3 Å². The second-order valence-corrected chi connectivity index (χ2v) is 7.03. The van der Waals surface area contributed by atoms with E-state index in [1.807, 2.05) is 18.3 Å². The third-order valence-electron chi connectivity index (χ3n) is 4.93. The van der Waals surface area contributed by atoms with E-state index in [4.69, 9.17) is 10.5 Å². The summed E-state index contributed by atoms with van der Waals surface area (Å²) in [5, 5.41) is 22.1. The van der Waals surface area contributed by atoms with Crippen molar-refractivity contribution in [2.75, 3.05) is 24.5 Å².